The Morgan fingerprint density at radius 1 is 1.09 bits per heavy atom. The second kappa shape index (κ2) is 8.78. The van der Waals surface area contributed by atoms with Crippen LogP contribution in [0.1, 0.15) is 24.5 Å². The number of rotatable bonds is 7. The minimum atomic E-state index is -0.213. The van der Waals surface area contributed by atoms with Crippen LogP contribution in [0, 0.1) is 3.57 Å². The lowest BCUT2D eigenvalue weighted by atomic mass is 10.1. The minimum Gasteiger partial charge on any atom is -0.494 e. The summed E-state index contributed by atoms with van der Waals surface area (Å²) >= 11 is 2.23. The molecule has 0 spiro atoms. The second-order valence-corrected chi connectivity index (χ2v) is 6.08. The first kappa shape index (κ1) is 16.8. The SMILES string of the molecule is CCCOc1ccc(COC(=O)Cc2ccccc2I)cc1. The van der Waals surface area contributed by atoms with Gasteiger partial charge in [0, 0.05) is 3.57 Å². The van der Waals surface area contributed by atoms with Gasteiger partial charge in [0.05, 0.1) is 13.0 Å². The lowest BCUT2D eigenvalue weighted by Crippen LogP contribution is -2.09. The van der Waals surface area contributed by atoms with Gasteiger partial charge in [-0.25, -0.2) is 0 Å². The number of hydrogen-bond donors (Lipinski definition) is 0. The van der Waals surface area contributed by atoms with Crippen LogP contribution in [0.5, 0.6) is 5.75 Å². The molecule has 0 N–H and O–H groups in total. The zero-order valence-corrected chi connectivity index (χ0v) is 14.7. The van der Waals surface area contributed by atoms with Gasteiger partial charge in [0.15, 0.2) is 0 Å². The van der Waals surface area contributed by atoms with Crippen LogP contribution in [-0.2, 0) is 22.6 Å². The first-order valence-electron chi connectivity index (χ1n) is 7.30. The Balaban J connectivity index is 1.82. The maximum Gasteiger partial charge on any atom is 0.310 e. The van der Waals surface area contributed by atoms with Gasteiger partial charge in [-0.15, -0.1) is 0 Å². The van der Waals surface area contributed by atoms with E-state index in [9.17, 15) is 4.79 Å². The molecular formula is C18H19IO3. The van der Waals surface area contributed by atoms with Crippen molar-refractivity contribution in [2.24, 2.45) is 0 Å². The lowest BCUT2D eigenvalue weighted by Gasteiger charge is -2.08. The average molecular weight is 410 g/mol. The van der Waals surface area contributed by atoms with Gasteiger partial charge in [-0.2, -0.15) is 0 Å². The van der Waals surface area contributed by atoms with Crippen LogP contribution in [0.2, 0.25) is 0 Å². The Bertz CT molecular complexity index is 608. The molecule has 2 aromatic carbocycles. The van der Waals surface area contributed by atoms with Gasteiger partial charge in [-0.1, -0.05) is 37.3 Å². The highest BCUT2D eigenvalue weighted by Gasteiger charge is 2.08. The third-order valence-electron chi connectivity index (χ3n) is 3.09. The molecule has 0 saturated heterocycles. The first-order chi connectivity index (χ1) is 10.7. The molecule has 0 aliphatic heterocycles. The third kappa shape index (κ3) is 5.33. The molecule has 0 bridgehead atoms. The van der Waals surface area contributed by atoms with E-state index in [1.54, 1.807) is 0 Å². The standard InChI is InChI=1S/C18H19IO3/c1-2-11-21-16-9-7-14(8-10-16)13-22-18(20)12-15-5-3-4-6-17(15)19/h3-10H,2,11-13H2,1H3. The van der Waals surface area contributed by atoms with Gasteiger partial charge < -0.3 is 9.47 Å². The fourth-order valence-electron chi connectivity index (χ4n) is 1.91. The summed E-state index contributed by atoms with van der Waals surface area (Å²) in [5.41, 5.74) is 1.95. The van der Waals surface area contributed by atoms with Gasteiger partial charge in [-0.05, 0) is 58.3 Å². The molecule has 4 heteroatoms. The van der Waals surface area contributed by atoms with Gasteiger partial charge >= 0.3 is 5.97 Å². The van der Waals surface area contributed by atoms with Crippen LogP contribution >= 0.6 is 22.6 Å². The summed E-state index contributed by atoms with van der Waals surface area (Å²) in [5.74, 6) is 0.631. The van der Waals surface area contributed by atoms with Gasteiger partial charge in [0.2, 0.25) is 0 Å². The number of ether oxygens (including phenoxy) is 2. The molecule has 0 saturated carbocycles. The fraction of sp³-hybridized carbons (Fsp3) is 0.278. The van der Waals surface area contributed by atoms with Crippen molar-refractivity contribution in [3.05, 3.63) is 63.2 Å². The molecule has 0 fully saturated rings. The molecule has 3 nitrogen and oxygen atoms in total. The molecule has 2 rings (SSSR count). The molecule has 0 amide bonds. The van der Waals surface area contributed by atoms with E-state index in [0.29, 0.717) is 13.0 Å². The van der Waals surface area contributed by atoms with Crippen molar-refractivity contribution in [2.45, 2.75) is 26.4 Å². The van der Waals surface area contributed by atoms with Crippen molar-refractivity contribution < 1.29 is 14.3 Å². The topological polar surface area (TPSA) is 35.5 Å². The molecule has 0 heterocycles. The highest BCUT2D eigenvalue weighted by Crippen LogP contribution is 2.15. The zero-order valence-electron chi connectivity index (χ0n) is 12.5. The normalized spacial score (nSPS) is 10.3. The molecule has 22 heavy (non-hydrogen) atoms. The number of halogens is 1. The van der Waals surface area contributed by atoms with Crippen LogP contribution in [0.25, 0.3) is 0 Å². The van der Waals surface area contributed by atoms with Crippen LogP contribution in [-0.4, -0.2) is 12.6 Å². The molecule has 0 aliphatic carbocycles. The molecule has 116 valence electrons. The molecular weight excluding hydrogens is 391 g/mol. The van der Waals surface area contributed by atoms with Crippen molar-refractivity contribution in [1.29, 1.82) is 0 Å². The van der Waals surface area contributed by atoms with Crippen molar-refractivity contribution in [2.75, 3.05) is 6.61 Å². The lowest BCUT2D eigenvalue weighted by molar-refractivity contribution is -0.144. The van der Waals surface area contributed by atoms with Crippen molar-refractivity contribution in [3.63, 3.8) is 0 Å². The van der Waals surface area contributed by atoms with Crippen LogP contribution < -0.4 is 4.74 Å². The maximum atomic E-state index is 11.9. The second-order valence-electron chi connectivity index (χ2n) is 4.92. The number of carbonyl (C=O) groups is 1. The Morgan fingerprint density at radius 2 is 1.82 bits per heavy atom. The van der Waals surface area contributed by atoms with E-state index in [0.717, 1.165) is 26.9 Å². The summed E-state index contributed by atoms with van der Waals surface area (Å²) in [5, 5.41) is 0. The van der Waals surface area contributed by atoms with Gasteiger partial charge in [0.1, 0.15) is 12.4 Å². The van der Waals surface area contributed by atoms with Crippen molar-refractivity contribution in [3.8, 4) is 5.75 Å². The quantitative estimate of drug-likeness (QED) is 0.503. The fourth-order valence-corrected chi connectivity index (χ4v) is 2.49. The summed E-state index contributed by atoms with van der Waals surface area (Å²) in [6.07, 6.45) is 1.29. The van der Waals surface area contributed by atoms with E-state index in [-0.39, 0.29) is 12.6 Å². The third-order valence-corrected chi connectivity index (χ3v) is 4.14. The number of carbonyl (C=O) groups excluding carboxylic acids is 1. The summed E-state index contributed by atoms with van der Waals surface area (Å²) in [6, 6.07) is 15.5. The van der Waals surface area contributed by atoms with Gasteiger partial charge in [-0.3, -0.25) is 4.79 Å². The van der Waals surface area contributed by atoms with E-state index in [4.69, 9.17) is 9.47 Å². The molecule has 0 atom stereocenters. The molecule has 0 aliphatic rings. The highest BCUT2D eigenvalue weighted by atomic mass is 127. The van der Waals surface area contributed by atoms with Crippen LogP contribution in [0.15, 0.2) is 48.5 Å². The minimum absolute atomic E-state index is 0.213. The molecule has 0 radical (unpaired) electrons. The van der Waals surface area contributed by atoms with E-state index in [1.807, 2.05) is 48.5 Å². The largest absolute Gasteiger partial charge is 0.494 e. The summed E-state index contributed by atoms with van der Waals surface area (Å²) in [6.45, 7) is 3.07. The van der Waals surface area contributed by atoms with E-state index in [1.165, 1.54) is 0 Å². The number of benzene rings is 2. The van der Waals surface area contributed by atoms with Crippen molar-refractivity contribution >= 4 is 28.6 Å². The molecule has 0 aromatic heterocycles. The Labute approximate surface area is 144 Å². The molecule has 2 aromatic rings. The number of esters is 1. The summed E-state index contributed by atoms with van der Waals surface area (Å²) < 4.78 is 11.9. The Morgan fingerprint density at radius 3 is 2.50 bits per heavy atom. The maximum absolute atomic E-state index is 11.9. The van der Waals surface area contributed by atoms with Crippen molar-refractivity contribution in [1.82, 2.24) is 0 Å². The Hall–Kier alpha value is -1.56. The first-order valence-corrected chi connectivity index (χ1v) is 8.37. The summed E-state index contributed by atoms with van der Waals surface area (Å²) in [4.78, 5) is 11.9. The highest BCUT2D eigenvalue weighted by molar-refractivity contribution is 14.1. The predicted octanol–water partition coefficient (Wildman–Crippen LogP) is 4.37. The summed E-state index contributed by atoms with van der Waals surface area (Å²) in [7, 11) is 0. The number of hydrogen-bond acceptors (Lipinski definition) is 3. The van der Waals surface area contributed by atoms with Crippen LogP contribution in [0.4, 0.5) is 0 Å². The Kier molecular flexibility index (Phi) is 6.71. The monoisotopic (exact) mass is 410 g/mol. The van der Waals surface area contributed by atoms with Crippen LogP contribution in [0.3, 0.4) is 0 Å². The average Bonchev–Trinajstić information content (AvgIpc) is 2.54. The van der Waals surface area contributed by atoms with E-state index >= 15 is 0 Å². The smallest absolute Gasteiger partial charge is 0.310 e. The molecule has 0 unspecified atom stereocenters. The predicted molar refractivity (Wildman–Crippen MR) is 94.9 cm³/mol. The van der Waals surface area contributed by atoms with Gasteiger partial charge in [0.25, 0.3) is 0 Å². The van der Waals surface area contributed by atoms with E-state index < -0.39 is 0 Å². The van der Waals surface area contributed by atoms with E-state index in [2.05, 4.69) is 29.5 Å². The zero-order chi connectivity index (χ0) is 15.8.